The number of anilines is 1. The van der Waals surface area contributed by atoms with Gasteiger partial charge in [0, 0.05) is 13.6 Å². The molecule has 1 N–H and O–H groups in total. The highest BCUT2D eigenvalue weighted by Gasteiger charge is 2.33. The maximum atomic E-state index is 13.9. The smallest absolute Gasteiger partial charge is 0.264 e. The summed E-state index contributed by atoms with van der Waals surface area (Å²) in [6, 6.07) is 19.7. The maximum Gasteiger partial charge on any atom is 0.264 e. The van der Waals surface area contributed by atoms with Crippen LogP contribution in [0.5, 0.6) is 5.75 Å². The Kier molecular flexibility index (Phi) is 9.52. The van der Waals surface area contributed by atoms with E-state index in [1.54, 1.807) is 49.6 Å². The third-order valence-corrected chi connectivity index (χ3v) is 8.32. The highest BCUT2D eigenvalue weighted by molar-refractivity contribution is 7.92. The van der Waals surface area contributed by atoms with Crippen LogP contribution < -0.4 is 14.4 Å². The average Bonchev–Trinajstić information content (AvgIpc) is 2.93. The minimum absolute atomic E-state index is 0.0751. The third-order valence-electron chi connectivity index (χ3n) is 6.53. The molecule has 0 radical (unpaired) electrons. The van der Waals surface area contributed by atoms with Crippen molar-refractivity contribution < 1.29 is 22.7 Å². The van der Waals surface area contributed by atoms with Gasteiger partial charge in [0.1, 0.15) is 18.3 Å². The molecule has 0 spiro atoms. The van der Waals surface area contributed by atoms with E-state index in [-0.39, 0.29) is 17.3 Å². The number of methoxy groups -OCH3 is 1. The number of hydrogen-bond acceptors (Lipinski definition) is 5. The van der Waals surface area contributed by atoms with Crippen LogP contribution in [-0.2, 0) is 26.2 Å². The van der Waals surface area contributed by atoms with Gasteiger partial charge in [0.25, 0.3) is 10.0 Å². The van der Waals surface area contributed by atoms with E-state index in [4.69, 9.17) is 4.74 Å². The first-order chi connectivity index (χ1) is 18.1. The largest absolute Gasteiger partial charge is 0.497 e. The Morgan fingerprint density at radius 3 is 2.16 bits per heavy atom. The normalized spacial score (nSPS) is 11.9. The number of nitrogens with one attached hydrogen (secondary N) is 1. The number of nitrogens with zero attached hydrogens (tertiary/aromatic N) is 2. The van der Waals surface area contributed by atoms with Gasteiger partial charge in [-0.2, -0.15) is 0 Å². The predicted octanol–water partition coefficient (Wildman–Crippen LogP) is 4.06. The number of amides is 2. The van der Waals surface area contributed by atoms with Crippen LogP contribution in [0.4, 0.5) is 5.69 Å². The van der Waals surface area contributed by atoms with E-state index in [9.17, 15) is 18.0 Å². The molecule has 1 atom stereocenters. The summed E-state index contributed by atoms with van der Waals surface area (Å²) >= 11 is 0. The molecule has 0 fully saturated rings. The summed E-state index contributed by atoms with van der Waals surface area (Å²) < 4.78 is 34.0. The zero-order valence-corrected chi connectivity index (χ0v) is 23.3. The predicted molar refractivity (Wildman–Crippen MR) is 149 cm³/mol. The van der Waals surface area contributed by atoms with Crippen molar-refractivity contribution >= 4 is 27.5 Å². The standard InChI is InChI=1S/C29H35N3O5S/c1-6-27(29(34)30-4)31(19-23-13-16-25(37-5)17-14-23)28(33)20-32(24-15-12-21(2)22(3)18-24)38(35,36)26-10-8-7-9-11-26/h7-18,27H,6,19-20H2,1-5H3,(H,30,34). The highest BCUT2D eigenvalue weighted by Crippen LogP contribution is 2.27. The van der Waals surface area contributed by atoms with Crippen molar-refractivity contribution in [1.29, 1.82) is 0 Å². The molecule has 9 heteroatoms. The summed E-state index contributed by atoms with van der Waals surface area (Å²) in [5.74, 6) is -0.146. The van der Waals surface area contributed by atoms with E-state index < -0.39 is 28.5 Å². The molecule has 2 amide bonds. The molecule has 3 aromatic rings. The number of benzene rings is 3. The molecule has 3 rings (SSSR count). The van der Waals surface area contributed by atoms with E-state index >= 15 is 0 Å². The van der Waals surface area contributed by atoms with Crippen molar-refractivity contribution in [2.24, 2.45) is 0 Å². The minimum Gasteiger partial charge on any atom is -0.497 e. The van der Waals surface area contributed by atoms with Crippen molar-refractivity contribution in [3.05, 3.63) is 89.5 Å². The molecular formula is C29H35N3O5S. The lowest BCUT2D eigenvalue weighted by Gasteiger charge is -2.33. The quantitative estimate of drug-likeness (QED) is 0.398. The van der Waals surface area contributed by atoms with Crippen LogP contribution in [0.15, 0.2) is 77.7 Å². The Morgan fingerprint density at radius 1 is 0.947 bits per heavy atom. The number of aryl methyl sites for hydroxylation is 2. The molecule has 38 heavy (non-hydrogen) atoms. The number of carbonyl (C=O) groups is 2. The third kappa shape index (κ3) is 6.52. The monoisotopic (exact) mass is 537 g/mol. The Morgan fingerprint density at radius 2 is 1.61 bits per heavy atom. The Hall–Kier alpha value is -3.85. The fraction of sp³-hybridized carbons (Fsp3) is 0.310. The summed E-state index contributed by atoms with van der Waals surface area (Å²) in [6.07, 6.45) is 0.358. The van der Waals surface area contributed by atoms with Crippen LogP contribution in [0.25, 0.3) is 0 Å². The number of sulfonamides is 1. The molecule has 0 aliphatic rings. The number of carbonyl (C=O) groups excluding carboxylic acids is 2. The second kappa shape index (κ2) is 12.6. The van der Waals surface area contributed by atoms with Crippen LogP contribution in [-0.4, -0.2) is 51.9 Å². The van der Waals surface area contributed by atoms with E-state index in [0.29, 0.717) is 17.9 Å². The van der Waals surface area contributed by atoms with Crippen molar-refractivity contribution in [1.82, 2.24) is 10.2 Å². The van der Waals surface area contributed by atoms with Crippen LogP contribution in [0.3, 0.4) is 0 Å². The first kappa shape index (κ1) is 28.7. The SMILES string of the molecule is CCC(C(=O)NC)N(Cc1ccc(OC)cc1)C(=O)CN(c1ccc(C)c(C)c1)S(=O)(=O)c1ccccc1. The molecule has 202 valence electrons. The lowest BCUT2D eigenvalue weighted by molar-refractivity contribution is -0.140. The van der Waals surface area contributed by atoms with Crippen LogP contribution in [0, 0.1) is 13.8 Å². The van der Waals surface area contributed by atoms with Crippen molar-refractivity contribution in [2.45, 2.75) is 44.7 Å². The summed E-state index contributed by atoms with van der Waals surface area (Å²) in [5.41, 5.74) is 3.06. The van der Waals surface area contributed by atoms with E-state index in [2.05, 4.69) is 5.32 Å². The number of likely N-dealkylation sites (N-methyl/N-ethyl adjacent to an activating group) is 1. The molecule has 8 nitrogen and oxygen atoms in total. The summed E-state index contributed by atoms with van der Waals surface area (Å²) in [7, 11) is -1.000. The number of rotatable bonds is 11. The van der Waals surface area contributed by atoms with E-state index in [1.807, 2.05) is 39.0 Å². The van der Waals surface area contributed by atoms with Crippen LogP contribution in [0.2, 0.25) is 0 Å². The number of hydrogen-bond donors (Lipinski definition) is 1. The fourth-order valence-corrected chi connectivity index (χ4v) is 5.57. The van der Waals surface area contributed by atoms with Gasteiger partial charge in [-0.15, -0.1) is 0 Å². The lowest BCUT2D eigenvalue weighted by Crippen LogP contribution is -2.51. The van der Waals surface area contributed by atoms with Gasteiger partial charge in [-0.1, -0.05) is 43.3 Å². The van der Waals surface area contributed by atoms with Crippen molar-refractivity contribution in [3.8, 4) is 5.75 Å². The molecule has 1 unspecified atom stereocenters. The second-order valence-electron chi connectivity index (χ2n) is 9.00. The molecule has 0 aromatic heterocycles. The minimum atomic E-state index is -4.08. The van der Waals surface area contributed by atoms with Gasteiger partial charge >= 0.3 is 0 Å². The van der Waals surface area contributed by atoms with Crippen LogP contribution >= 0.6 is 0 Å². The maximum absolute atomic E-state index is 13.9. The second-order valence-corrected chi connectivity index (χ2v) is 10.9. The van der Waals surface area contributed by atoms with E-state index in [0.717, 1.165) is 21.0 Å². The molecule has 0 bridgehead atoms. The topological polar surface area (TPSA) is 96.0 Å². The zero-order chi connectivity index (χ0) is 27.9. The summed E-state index contributed by atoms with van der Waals surface area (Å²) in [6.45, 7) is 5.30. The van der Waals surface area contributed by atoms with E-state index in [1.165, 1.54) is 24.1 Å². The highest BCUT2D eigenvalue weighted by atomic mass is 32.2. The zero-order valence-electron chi connectivity index (χ0n) is 22.5. The average molecular weight is 538 g/mol. The fourth-order valence-electron chi connectivity index (χ4n) is 4.14. The van der Waals surface area contributed by atoms with Gasteiger partial charge in [0.05, 0.1) is 17.7 Å². The lowest BCUT2D eigenvalue weighted by atomic mass is 10.1. The molecule has 0 aliphatic heterocycles. The van der Waals surface area contributed by atoms with Gasteiger partial charge in [-0.3, -0.25) is 13.9 Å². The van der Waals surface area contributed by atoms with Gasteiger partial charge in [0.2, 0.25) is 11.8 Å². The van der Waals surface area contributed by atoms with Crippen molar-refractivity contribution in [2.75, 3.05) is 25.0 Å². The number of ether oxygens (including phenoxy) is 1. The first-order valence-electron chi connectivity index (χ1n) is 12.4. The molecule has 0 saturated heterocycles. The summed E-state index contributed by atoms with van der Waals surface area (Å²) in [5, 5.41) is 2.63. The van der Waals surface area contributed by atoms with Crippen LogP contribution in [0.1, 0.15) is 30.0 Å². The molecular weight excluding hydrogens is 502 g/mol. The Labute approximate surface area is 225 Å². The van der Waals surface area contributed by atoms with Gasteiger partial charge < -0.3 is 15.0 Å². The van der Waals surface area contributed by atoms with Crippen molar-refractivity contribution in [3.63, 3.8) is 0 Å². The first-order valence-corrected chi connectivity index (χ1v) is 13.8. The Balaban J connectivity index is 2.06. The Bertz CT molecular complexity index is 1360. The van der Waals surface area contributed by atoms with Gasteiger partial charge in [0.15, 0.2) is 0 Å². The molecule has 0 saturated carbocycles. The molecule has 3 aromatic carbocycles. The molecule has 0 heterocycles. The summed E-state index contributed by atoms with van der Waals surface area (Å²) in [4.78, 5) is 28.2. The molecule has 0 aliphatic carbocycles. The van der Waals surface area contributed by atoms with Gasteiger partial charge in [-0.25, -0.2) is 8.42 Å². The van der Waals surface area contributed by atoms with Gasteiger partial charge in [-0.05, 0) is 73.4 Å².